The smallest absolute Gasteiger partial charge is 0.224 e. The molecule has 0 aliphatic heterocycles. The lowest BCUT2D eigenvalue weighted by Crippen LogP contribution is -2.31. The van der Waals surface area contributed by atoms with E-state index in [-0.39, 0.29) is 5.91 Å². The molecule has 1 aliphatic carbocycles. The third-order valence-electron chi connectivity index (χ3n) is 5.14. The van der Waals surface area contributed by atoms with Crippen molar-refractivity contribution in [2.45, 2.75) is 52.4 Å². The molecule has 2 aromatic rings. The molecular formula is C20H26N2O. The Hall–Kier alpha value is -1.90. The van der Waals surface area contributed by atoms with Crippen molar-refractivity contribution < 1.29 is 4.79 Å². The fourth-order valence-corrected chi connectivity index (χ4v) is 3.70. The molecule has 0 bridgehead atoms. The molecule has 0 radical (unpaired) electrons. The lowest BCUT2D eigenvalue weighted by Gasteiger charge is -2.22. The fourth-order valence-electron chi connectivity index (χ4n) is 3.70. The largest absolute Gasteiger partial charge is 0.356 e. The summed E-state index contributed by atoms with van der Waals surface area (Å²) in [5, 5.41) is 4.28. The normalized spacial score (nSPS) is 15.7. The van der Waals surface area contributed by atoms with Crippen molar-refractivity contribution in [1.29, 1.82) is 0 Å². The van der Waals surface area contributed by atoms with E-state index in [1.54, 1.807) is 0 Å². The van der Waals surface area contributed by atoms with Gasteiger partial charge in [0, 0.05) is 17.6 Å². The molecule has 1 amide bonds. The number of carbonyl (C=O) groups excluding carboxylic acids is 1. The molecule has 0 unspecified atom stereocenters. The highest BCUT2D eigenvalue weighted by atomic mass is 16.1. The number of rotatable bonds is 4. The Morgan fingerprint density at radius 2 is 1.91 bits per heavy atom. The molecule has 1 heterocycles. The van der Waals surface area contributed by atoms with Gasteiger partial charge in [-0.1, -0.05) is 37.5 Å². The zero-order chi connectivity index (χ0) is 16.2. The van der Waals surface area contributed by atoms with E-state index in [0.717, 1.165) is 28.7 Å². The minimum Gasteiger partial charge on any atom is -0.356 e. The van der Waals surface area contributed by atoms with Crippen LogP contribution in [0.2, 0.25) is 0 Å². The van der Waals surface area contributed by atoms with E-state index in [9.17, 15) is 4.79 Å². The maximum Gasteiger partial charge on any atom is 0.224 e. The number of aromatic nitrogens is 1. The molecule has 1 N–H and O–H groups in total. The Labute approximate surface area is 138 Å². The number of fused-ring (bicyclic) bond motifs is 1. The van der Waals surface area contributed by atoms with E-state index >= 15 is 0 Å². The van der Waals surface area contributed by atoms with E-state index in [1.807, 2.05) is 25.1 Å². The van der Waals surface area contributed by atoms with E-state index in [1.165, 1.54) is 37.7 Å². The quantitative estimate of drug-likeness (QED) is 0.924. The molecule has 3 nitrogen and oxygen atoms in total. The summed E-state index contributed by atoms with van der Waals surface area (Å²) in [7, 11) is 0. The van der Waals surface area contributed by atoms with Gasteiger partial charge in [-0.2, -0.15) is 0 Å². The third-order valence-corrected chi connectivity index (χ3v) is 5.14. The molecule has 0 atom stereocenters. The SMILES string of the molecule is Cc1nc2ccccc2c(C)c1CC(=O)NCC1CCCCC1. The summed E-state index contributed by atoms with van der Waals surface area (Å²) in [4.78, 5) is 17.0. The van der Waals surface area contributed by atoms with Crippen molar-refractivity contribution in [3.8, 4) is 0 Å². The van der Waals surface area contributed by atoms with Crippen molar-refractivity contribution in [3.05, 3.63) is 41.1 Å². The lowest BCUT2D eigenvalue weighted by atomic mass is 9.89. The first-order valence-corrected chi connectivity index (χ1v) is 8.76. The molecule has 1 saturated carbocycles. The molecule has 0 spiro atoms. The monoisotopic (exact) mass is 310 g/mol. The summed E-state index contributed by atoms with van der Waals surface area (Å²) in [5.74, 6) is 0.795. The van der Waals surface area contributed by atoms with Crippen LogP contribution in [0, 0.1) is 19.8 Å². The van der Waals surface area contributed by atoms with Gasteiger partial charge in [0.2, 0.25) is 5.91 Å². The topological polar surface area (TPSA) is 42.0 Å². The summed E-state index contributed by atoms with van der Waals surface area (Å²) in [5.41, 5.74) is 4.23. The maximum atomic E-state index is 12.4. The van der Waals surface area contributed by atoms with Crippen molar-refractivity contribution in [3.63, 3.8) is 0 Å². The summed E-state index contributed by atoms with van der Waals surface area (Å²) in [6.45, 7) is 4.93. The van der Waals surface area contributed by atoms with Crippen LogP contribution < -0.4 is 5.32 Å². The lowest BCUT2D eigenvalue weighted by molar-refractivity contribution is -0.120. The summed E-state index contributed by atoms with van der Waals surface area (Å²) >= 11 is 0. The highest BCUT2D eigenvalue weighted by Gasteiger charge is 2.16. The van der Waals surface area contributed by atoms with E-state index < -0.39 is 0 Å². The minimum atomic E-state index is 0.124. The number of aryl methyl sites for hydroxylation is 2. The first-order chi connectivity index (χ1) is 11.1. The molecule has 3 heteroatoms. The molecule has 122 valence electrons. The average Bonchev–Trinajstić information content (AvgIpc) is 2.58. The van der Waals surface area contributed by atoms with E-state index in [2.05, 4.69) is 23.3 Å². The molecule has 1 aromatic carbocycles. The van der Waals surface area contributed by atoms with Gasteiger partial charge in [-0.25, -0.2) is 0 Å². The van der Waals surface area contributed by atoms with Gasteiger partial charge in [-0.15, -0.1) is 0 Å². The van der Waals surface area contributed by atoms with Crippen LogP contribution in [0.5, 0.6) is 0 Å². The van der Waals surface area contributed by atoms with Gasteiger partial charge < -0.3 is 5.32 Å². The molecular weight excluding hydrogens is 284 g/mol. The maximum absolute atomic E-state index is 12.4. The van der Waals surface area contributed by atoms with E-state index in [0.29, 0.717) is 12.3 Å². The van der Waals surface area contributed by atoms with Crippen LogP contribution >= 0.6 is 0 Å². The van der Waals surface area contributed by atoms with Crippen LogP contribution in [0.15, 0.2) is 24.3 Å². The van der Waals surface area contributed by atoms with Crippen LogP contribution in [0.3, 0.4) is 0 Å². The van der Waals surface area contributed by atoms with Gasteiger partial charge >= 0.3 is 0 Å². The number of hydrogen-bond acceptors (Lipinski definition) is 2. The van der Waals surface area contributed by atoms with Crippen molar-refractivity contribution >= 4 is 16.8 Å². The third kappa shape index (κ3) is 3.72. The van der Waals surface area contributed by atoms with Gasteiger partial charge in [0.05, 0.1) is 11.9 Å². The number of carbonyl (C=O) groups is 1. The first-order valence-electron chi connectivity index (χ1n) is 8.76. The summed E-state index contributed by atoms with van der Waals surface area (Å²) in [6.07, 6.45) is 6.93. The number of benzene rings is 1. The predicted octanol–water partition coefficient (Wildman–Crippen LogP) is 4.09. The zero-order valence-electron chi connectivity index (χ0n) is 14.2. The first kappa shape index (κ1) is 16.0. The van der Waals surface area contributed by atoms with Gasteiger partial charge in [0.25, 0.3) is 0 Å². The summed E-state index contributed by atoms with van der Waals surface area (Å²) < 4.78 is 0. The number of hydrogen-bond donors (Lipinski definition) is 1. The number of para-hydroxylation sites is 1. The average molecular weight is 310 g/mol. The van der Waals surface area contributed by atoms with Gasteiger partial charge in [-0.05, 0) is 49.8 Å². The number of nitrogens with zero attached hydrogens (tertiary/aromatic N) is 1. The molecule has 23 heavy (non-hydrogen) atoms. The second-order valence-electron chi connectivity index (χ2n) is 6.80. The second kappa shape index (κ2) is 7.12. The Bertz CT molecular complexity index is 702. The Balaban J connectivity index is 1.69. The number of pyridine rings is 1. The van der Waals surface area contributed by atoms with Crippen LogP contribution in [0.1, 0.15) is 48.9 Å². The second-order valence-corrected chi connectivity index (χ2v) is 6.80. The summed E-state index contributed by atoms with van der Waals surface area (Å²) in [6, 6.07) is 8.15. The molecule has 1 aromatic heterocycles. The zero-order valence-corrected chi connectivity index (χ0v) is 14.2. The fraction of sp³-hybridized carbons (Fsp3) is 0.500. The standard InChI is InChI=1S/C20H26N2O/c1-14-17-10-6-7-11-19(17)22-15(2)18(14)12-20(23)21-13-16-8-4-3-5-9-16/h6-7,10-11,16H,3-5,8-9,12-13H2,1-2H3,(H,21,23). The highest BCUT2D eigenvalue weighted by Crippen LogP contribution is 2.24. The van der Waals surface area contributed by atoms with Crippen molar-refractivity contribution in [2.75, 3.05) is 6.54 Å². The molecule has 0 saturated heterocycles. The van der Waals surface area contributed by atoms with Gasteiger partial charge in [0.1, 0.15) is 0 Å². The molecule has 1 fully saturated rings. The van der Waals surface area contributed by atoms with Crippen molar-refractivity contribution in [2.24, 2.45) is 5.92 Å². The van der Waals surface area contributed by atoms with Crippen LogP contribution in [0.25, 0.3) is 10.9 Å². The van der Waals surface area contributed by atoms with Crippen LogP contribution in [0.4, 0.5) is 0 Å². The van der Waals surface area contributed by atoms with Crippen LogP contribution in [-0.4, -0.2) is 17.4 Å². The van der Waals surface area contributed by atoms with Gasteiger partial charge in [0.15, 0.2) is 0 Å². The van der Waals surface area contributed by atoms with Crippen molar-refractivity contribution in [1.82, 2.24) is 10.3 Å². The number of nitrogens with one attached hydrogen (secondary N) is 1. The Kier molecular flexibility index (Phi) is 4.94. The highest BCUT2D eigenvalue weighted by molar-refractivity contribution is 5.86. The molecule has 3 rings (SSSR count). The van der Waals surface area contributed by atoms with Crippen LogP contribution in [-0.2, 0) is 11.2 Å². The Morgan fingerprint density at radius 3 is 2.70 bits per heavy atom. The van der Waals surface area contributed by atoms with Gasteiger partial charge in [-0.3, -0.25) is 9.78 Å². The molecule has 1 aliphatic rings. The predicted molar refractivity (Wildman–Crippen MR) is 94.5 cm³/mol. The number of amides is 1. The Morgan fingerprint density at radius 1 is 1.17 bits per heavy atom. The van der Waals surface area contributed by atoms with E-state index in [4.69, 9.17) is 0 Å². The minimum absolute atomic E-state index is 0.124.